The lowest BCUT2D eigenvalue weighted by atomic mass is 10.1. The third-order valence-corrected chi connectivity index (χ3v) is 8.82. The van der Waals surface area contributed by atoms with Gasteiger partial charge in [-0.1, -0.05) is 30.3 Å². The first-order valence-electron chi connectivity index (χ1n) is 12.9. The van der Waals surface area contributed by atoms with Gasteiger partial charge >= 0.3 is 6.03 Å². The molecule has 3 aromatic carbocycles. The van der Waals surface area contributed by atoms with Crippen molar-refractivity contribution in [1.29, 1.82) is 0 Å². The first-order chi connectivity index (χ1) is 20.6. The average molecular weight is 609 g/mol. The number of rotatable bonds is 7. The van der Waals surface area contributed by atoms with E-state index in [4.69, 9.17) is 9.47 Å². The smallest absolute Gasteiger partial charge is 0.329 e. The summed E-state index contributed by atoms with van der Waals surface area (Å²) in [5.74, 6) is -3.50. The van der Waals surface area contributed by atoms with E-state index in [9.17, 15) is 17.6 Å². The quantitative estimate of drug-likeness (QED) is 0.230. The van der Waals surface area contributed by atoms with E-state index in [1.165, 1.54) is 67.9 Å². The molecule has 6 rings (SSSR count). The molecular weight excluding hydrogens is 585 g/mol. The Labute approximate surface area is 244 Å². The van der Waals surface area contributed by atoms with Gasteiger partial charge in [0.2, 0.25) is 0 Å². The molecule has 13 heteroatoms. The number of carbonyl (C=O) groups is 1. The molecule has 3 heterocycles. The van der Waals surface area contributed by atoms with E-state index in [-0.39, 0.29) is 40.8 Å². The minimum absolute atomic E-state index is 0.0313. The highest BCUT2D eigenvalue weighted by Crippen LogP contribution is 2.43. The number of hydrogen-bond donors (Lipinski definition) is 0. The molecule has 1 aliphatic rings. The van der Waals surface area contributed by atoms with Gasteiger partial charge in [0, 0.05) is 29.4 Å². The maximum absolute atomic E-state index is 15.6. The molecule has 0 spiro atoms. The molecule has 2 aromatic heterocycles. The Kier molecular flexibility index (Phi) is 6.97. The number of methoxy groups -OCH3 is 2. The van der Waals surface area contributed by atoms with Crippen LogP contribution in [0, 0.1) is 17.5 Å². The molecule has 0 unspecified atom stereocenters. The van der Waals surface area contributed by atoms with Crippen molar-refractivity contribution in [1.82, 2.24) is 8.96 Å². The molecule has 0 radical (unpaired) electrons. The SMILES string of the molecule is COc1cc(OC)c(F)c(N2Cc3cnc4c(ccn4S(=O)(=O)c4ccccc4)c3N(Cc3cccc(F)c3)C2=O)c1F. The zero-order chi connectivity index (χ0) is 30.5. The summed E-state index contributed by atoms with van der Waals surface area (Å²) >= 11 is 0. The lowest BCUT2D eigenvalue weighted by Crippen LogP contribution is -2.48. The van der Waals surface area contributed by atoms with Crippen molar-refractivity contribution < 1.29 is 35.9 Å². The van der Waals surface area contributed by atoms with Crippen molar-refractivity contribution >= 4 is 38.5 Å². The Morgan fingerprint density at radius 2 is 1.58 bits per heavy atom. The lowest BCUT2D eigenvalue weighted by molar-refractivity contribution is 0.249. The normalized spacial score (nSPS) is 13.4. The minimum Gasteiger partial charge on any atom is -0.493 e. The summed E-state index contributed by atoms with van der Waals surface area (Å²) in [6.45, 7) is -0.530. The van der Waals surface area contributed by atoms with Crippen molar-refractivity contribution in [2.45, 2.75) is 18.0 Å². The van der Waals surface area contributed by atoms with Gasteiger partial charge in [0.15, 0.2) is 28.8 Å². The Hall–Kier alpha value is -5.04. The van der Waals surface area contributed by atoms with Crippen LogP contribution in [0.3, 0.4) is 0 Å². The maximum Gasteiger partial charge on any atom is 0.329 e. The first-order valence-corrected chi connectivity index (χ1v) is 14.3. The van der Waals surface area contributed by atoms with Crippen LogP contribution >= 0.6 is 0 Å². The summed E-state index contributed by atoms with van der Waals surface area (Å²) in [7, 11) is -1.68. The van der Waals surface area contributed by atoms with E-state index in [1.54, 1.807) is 24.3 Å². The van der Waals surface area contributed by atoms with Crippen LogP contribution in [0.2, 0.25) is 0 Å². The third-order valence-electron chi connectivity index (χ3n) is 7.14. The number of anilines is 2. The van der Waals surface area contributed by atoms with Gasteiger partial charge in [0.1, 0.15) is 11.5 Å². The number of nitrogens with zero attached hydrogens (tertiary/aromatic N) is 4. The molecule has 0 fully saturated rings. The summed E-state index contributed by atoms with van der Waals surface area (Å²) in [5.41, 5.74) is 0.340. The zero-order valence-electron chi connectivity index (χ0n) is 22.8. The first kappa shape index (κ1) is 28.1. The van der Waals surface area contributed by atoms with Gasteiger partial charge in [0.25, 0.3) is 10.0 Å². The van der Waals surface area contributed by atoms with Gasteiger partial charge in [-0.2, -0.15) is 0 Å². The highest BCUT2D eigenvalue weighted by atomic mass is 32.2. The monoisotopic (exact) mass is 608 g/mol. The molecule has 1 aliphatic heterocycles. The Morgan fingerprint density at radius 3 is 2.23 bits per heavy atom. The Bertz CT molecular complexity index is 1970. The Morgan fingerprint density at radius 1 is 0.884 bits per heavy atom. The number of urea groups is 1. The predicted molar refractivity (Wildman–Crippen MR) is 152 cm³/mol. The van der Waals surface area contributed by atoms with E-state index in [1.807, 2.05) is 0 Å². The molecule has 9 nitrogen and oxygen atoms in total. The van der Waals surface area contributed by atoms with Gasteiger partial charge in [-0.05, 0) is 35.9 Å². The van der Waals surface area contributed by atoms with Gasteiger partial charge in [-0.25, -0.2) is 35.3 Å². The predicted octanol–water partition coefficient (Wildman–Crippen LogP) is 5.85. The molecule has 5 aromatic rings. The van der Waals surface area contributed by atoms with Crippen LogP contribution in [-0.4, -0.2) is 37.6 Å². The number of benzene rings is 3. The second-order valence-corrected chi connectivity index (χ2v) is 11.5. The fourth-order valence-electron chi connectivity index (χ4n) is 5.15. The van der Waals surface area contributed by atoms with Gasteiger partial charge in [0.05, 0.1) is 37.9 Å². The summed E-state index contributed by atoms with van der Waals surface area (Å²) < 4.78 is 83.4. The molecule has 0 saturated heterocycles. The van der Waals surface area contributed by atoms with Crippen molar-refractivity contribution in [3.63, 3.8) is 0 Å². The van der Waals surface area contributed by atoms with E-state index >= 15 is 8.78 Å². The number of hydrogen-bond acceptors (Lipinski definition) is 6. The molecule has 0 N–H and O–H groups in total. The van der Waals surface area contributed by atoms with E-state index in [0.717, 1.165) is 14.9 Å². The van der Waals surface area contributed by atoms with Crippen LogP contribution in [0.4, 0.5) is 29.3 Å². The summed E-state index contributed by atoms with van der Waals surface area (Å²) in [5, 5.41) is 0.297. The molecule has 43 heavy (non-hydrogen) atoms. The molecule has 2 amide bonds. The second-order valence-electron chi connectivity index (χ2n) is 9.64. The maximum atomic E-state index is 15.6. The number of fused-ring (bicyclic) bond motifs is 3. The van der Waals surface area contributed by atoms with Crippen LogP contribution in [0.5, 0.6) is 11.5 Å². The summed E-state index contributed by atoms with van der Waals surface area (Å²) in [6, 6.07) is 15.0. The van der Waals surface area contributed by atoms with Crippen LogP contribution in [0.1, 0.15) is 11.1 Å². The highest BCUT2D eigenvalue weighted by molar-refractivity contribution is 7.90. The molecule has 0 aliphatic carbocycles. The average Bonchev–Trinajstić information content (AvgIpc) is 3.45. The second kappa shape index (κ2) is 10.7. The van der Waals surface area contributed by atoms with Crippen molar-refractivity contribution in [3.8, 4) is 11.5 Å². The van der Waals surface area contributed by atoms with Gasteiger partial charge in [-0.3, -0.25) is 9.80 Å². The lowest BCUT2D eigenvalue weighted by Gasteiger charge is -2.37. The number of carbonyl (C=O) groups excluding carboxylic acids is 1. The molecular formula is C30H23F3N4O5S. The van der Waals surface area contributed by atoms with Crippen LogP contribution in [0.15, 0.2) is 84.0 Å². The van der Waals surface area contributed by atoms with Crippen LogP contribution < -0.4 is 19.3 Å². The van der Waals surface area contributed by atoms with E-state index < -0.39 is 39.2 Å². The molecule has 0 saturated carbocycles. The highest BCUT2D eigenvalue weighted by Gasteiger charge is 2.38. The van der Waals surface area contributed by atoms with Crippen molar-refractivity contribution in [2.75, 3.05) is 24.0 Å². The topological polar surface area (TPSA) is 94.0 Å². The fraction of sp³-hybridized carbons (Fsp3) is 0.133. The minimum atomic E-state index is -4.06. The molecule has 220 valence electrons. The van der Waals surface area contributed by atoms with E-state index in [2.05, 4.69) is 4.98 Å². The number of halogens is 3. The number of amides is 2. The van der Waals surface area contributed by atoms with Gasteiger partial charge < -0.3 is 9.47 Å². The van der Waals surface area contributed by atoms with Crippen LogP contribution in [0.25, 0.3) is 11.0 Å². The molecule has 0 atom stereocenters. The fourth-order valence-corrected chi connectivity index (χ4v) is 6.48. The summed E-state index contributed by atoms with van der Waals surface area (Å²) in [4.78, 5) is 20.7. The Balaban J connectivity index is 1.56. The zero-order valence-corrected chi connectivity index (χ0v) is 23.6. The van der Waals surface area contributed by atoms with Crippen LogP contribution in [-0.2, 0) is 23.1 Å². The number of pyridine rings is 1. The summed E-state index contributed by atoms with van der Waals surface area (Å²) in [6.07, 6.45) is 2.67. The largest absolute Gasteiger partial charge is 0.493 e. The third kappa shape index (κ3) is 4.61. The molecule has 0 bridgehead atoms. The number of aromatic nitrogens is 2. The van der Waals surface area contributed by atoms with Crippen molar-refractivity contribution in [3.05, 3.63) is 108 Å². The van der Waals surface area contributed by atoms with E-state index in [0.29, 0.717) is 16.5 Å². The standard InChI is InChI=1S/C30H23F3N4O5S/c1-41-23-14-24(42-2)26(33)28(25(23)32)36-17-19-15-34-29-22(11-12-37(29)43(39,40)21-9-4-3-5-10-21)27(19)35(30(36)38)16-18-7-6-8-20(31)13-18/h3-15H,16-17H2,1-2H3. The number of ether oxygens (including phenoxy) is 2. The van der Waals surface area contributed by atoms with Crippen molar-refractivity contribution in [2.24, 2.45) is 0 Å². The van der Waals surface area contributed by atoms with Gasteiger partial charge in [-0.15, -0.1) is 0 Å².